The third-order valence-electron chi connectivity index (χ3n) is 16.3. The van der Waals surface area contributed by atoms with Crippen molar-refractivity contribution in [3.05, 3.63) is 158 Å². The predicted octanol–water partition coefficient (Wildman–Crippen LogP) is 24.9. The lowest BCUT2D eigenvalue weighted by Gasteiger charge is -2.25. The molecule has 0 bridgehead atoms. The van der Waals surface area contributed by atoms with Gasteiger partial charge in [-0.25, -0.2) is 4.57 Å². The Morgan fingerprint density at radius 1 is 0.380 bits per heavy atom. The van der Waals surface area contributed by atoms with Crippen LogP contribution in [0.4, 0.5) is 0 Å². The maximum Gasteiger partial charge on any atom is 0.472 e. The van der Waals surface area contributed by atoms with Crippen molar-refractivity contribution in [2.45, 2.75) is 321 Å². The Hall–Kier alpha value is -3.88. The van der Waals surface area contributed by atoms with E-state index in [1.807, 2.05) is 27.2 Å². The molecule has 3 unspecified atom stereocenters. The molecule has 0 heterocycles. The number of hydrogen-bond acceptors (Lipinski definition) is 5. The summed E-state index contributed by atoms with van der Waals surface area (Å²) in [5.41, 5.74) is 0. The fraction of sp³-hybridized carbons (Fsp3) is 0.675. The van der Waals surface area contributed by atoms with E-state index in [1.54, 1.807) is 6.08 Å². The molecule has 0 aliphatic heterocycles. The normalized spacial score (nSPS) is 14.5. The number of allylic oxidation sites excluding steroid dienone is 25. The van der Waals surface area contributed by atoms with Crippen LogP contribution in [0.2, 0.25) is 0 Å². The molecule has 0 aliphatic rings. The van der Waals surface area contributed by atoms with Crippen molar-refractivity contribution in [1.29, 1.82) is 0 Å². The second kappa shape index (κ2) is 71.4. The molecule has 3 N–H and O–H groups in total. The number of phosphoric ester groups is 1. The molecule has 92 heavy (non-hydrogen) atoms. The minimum absolute atomic E-state index is 0.0450. The van der Waals surface area contributed by atoms with E-state index < -0.39 is 20.0 Å². The number of aliphatic hydroxyl groups is 1. The minimum atomic E-state index is -4.38. The first-order valence-corrected chi connectivity index (χ1v) is 39.4. The van der Waals surface area contributed by atoms with Crippen LogP contribution >= 0.6 is 7.82 Å². The summed E-state index contributed by atoms with van der Waals surface area (Å²) >= 11 is 0. The second-order valence-electron chi connectivity index (χ2n) is 26.3. The number of nitrogens with one attached hydrogen (secondary N) is 1. The predicted molar refractivity (Wildman–Crippen MR) is 405 cm³/mol. The van der Waals surface area contributed by atoms with Gasteiger partial charge in [0.15, 0.2) is 0 Å². The zero-order valence-corrected chi connectivity index (χ0v) is 61.1. The van der Waals surface area contributed by atoms with Crippen molar-refractivity contribution < 1.29 is 32.9 Å². The van der Waals surface area contributed by atoms with E-state index >= 15 is 0 Å². The highest BCUT2D eigenvalue weighted by Crippen LogP contribution is 2.43. The molecule has 0 aromatic carbocycles. The molecule has 526 valence electrons. The molecule has 0 rings (SSSR count). The molecule has 8 nitrogen and oxygen atoms in total. The number of nitrogens with zero attached hydrogens (tertiary/aromatic N) is 1. The second-order valence-corrected chi connectivity index (χ2v) is 27.7. The van der Waals surface area contributed by atoms with Crippen molar-refractivity contribution in [3.8, 4) is 0 Å². The maximum absolute atomic E-state index is 13.1. The van der Waals surface area contributed by atoms with E-state index in [0.29, 0.717) is 23.9 Å². The number of likely N-dealkylation sites (N-methyl/N-ethyl adjacent to an activating group) is 1. The molecule has 0 saturated carbocycles. The number of unbranched alkanes of at least 4 members (excludes halogenated alkanes) is 31. The van der Waals surface area contributed by atoms with Gasteiger partial charge in [-0.3, -0.25) is 13.8 Å². The van der Waals surface area contributed by atoms with Gasteiger partial charge in [0, 0.05) is 6.42 Å². The molecule has 0 fully saturated rings. The number of phosphoric acid groups is 1. The first-order valence-electron chi connectivity index (χ1n) is 37.9. The average molecular weight is 1300 g/mol. The van der Waals surface area contributed by atoms with Gasteiger partial charge in [0.25, 0.3) is 0 Å². The lowest BCUT2D eigenvalue weighted by molar-refractivity contribution is -0.870. The van der Waals surface area contributed by atoms with Crippen LogP contribution in [0.5, 0.6) is 0 Å². The lowest BCUT2D eigenvalue weighted by Crippen LogP contribution is -2.45. The van der Waals surface area contributed by atoms with Crippen LogP contribution in [0.15, 0.2) is 158 Å². The van der Waals surface area contributed by atoms with E-state index in [-0.39, 0.29) is 19.1 Å². The molecule has 0 aromatic rings. The number of quaternary nitrogens is 1. The van der Waals surface area contributed by atoms with Gasteiger partial charge in [0.2, 0.25) is 5.91 Å². The van der Waals surface area contributed by atoms with Gasteiger partial charge in [-0.2, -0.15) is 0 Å². The number of rotatable bonds is 68. The topological polar surface area (TPSA) is 105 Å². The summed E-state index contributed by atoms with van der Waals surface area (Å²) in [6, 6.07) is -0.884. The fourth-order valence-electron chi connectivity index (χ4n) is 10.4. The summed E-state index contributed by atoms with van der Waals surface area (Å²) in [6.07, 6.45) is 111. The number of aliphatic hydroxyl groups excluding tert-OH is 1. The molecule has 0 radical (unpaired) electrons. The van der Waals surface area contributed by atoms with Crippen molar-refractivity contribution in [2.24, 2.45) is 0 Å². The zero-order chi connectivity index (χ0) is 66.9. The monoisotopic (exact) mass is 1300 g/mol. The van der Waals surface area contributed by atoms with Gasteiger partial charge in [0.1, 0.15) is 13.2 Å². The Kier molecular flexibility index (Phi) is 68.4. The Balaban J connectivity index is 4.19. The first kappa shape index (κ1) is 88.1. The van der Waals surface area contributed by atoms with E-state index in [1.165, 1.54) is 173 Å². The highest BCUT2D eigenvalue weighted by Gasteiger charge is 2.28. The molecule has 9 heteroatoms. The third-order valence-corrected chi connectivity index (χ3v) is 17.2. The third kappa shape index (κ3) is 73.5. The Labute approximate surface area is 569 Å². The highest BCUT2D eigenvalue weighted by atomic mass is 31.2. The van der Waals surface area contributed by atoms with Crippen LogP contribution < -0.4 is 5.32 Å². The number of amides is 1. The van der Waals surface area contributed by atoms with Crippen molar-refractivity contribution in [1.82, 2.24) is 5.32 Å². The summed E-state index contributed by atoms with van der Waals surface area (Å²) in [5, 5.41) is 14.0. The fourth-order valence-corrected chi connectivity index (χ4v) is 11.2. The Morgan fingerprint density at radius 3 is 0.957 bits per heavy atom. The SMILES string of the molecule is CC/C=C\C/C=C\C/C=C\C/C=C\C/C=C\C/C=C\C/C=C\C/C=C\C/C=C\C/C=C\C/C=C\C/C=C\CCCCC(=O)NC(COP(=O)(O)OCC[N+](C)(C)C)C(O)/C=C/CCCCCCCCCCCCCCCCCCCCCCCCCCCCCCC. The zero-order valence-electron chi connectivity index (χ0n) is 60.2. The smallest absolute Gasteiger partial charge is 0.387 e. The van der Waals surface area contributed by atoms with Gasteiger partial charge in [-0.05, 0) is 109 Å². The molecule has 0 aromatic heterocycles. The van der Waals surface area contributed by atoms with Gasteiger partial charge in [0.05, 0.1) is 39.9 Å². The van der Waals surface area contributed by atoms with Crippen LogP contribution in [0, 0.1) is 0 Å². The molecule has 3 atom stereocenters. The van der Waals surface area contributed by atoms with E-state index in [0.717, 1.165) is 109 Å². The quantitative estimate of drug-likeness (QED) is 0.0243. The molecule has 0 saturated heterocycles. The molecule has 0 spiro atoms. The van der Waals surface area contributed by atoms with Crippen molar-refractivity contribution >= 4 is 13.7 Å². The van der Waals surface area contributed by atoms with Crippen LogP contribution in [-0.4, -0.2) is 73.4 Å². The van der Waals surface area contributed by atoms with Crippen LogP contribution in [0.25, 0.3) is 0 Å². The summed E-state index contributed by atoms with van der Waals surface area (Å²) < 4.78 is 23.8. The molecule has 1 amide bonds. The van der Waals surface area contributed by atoms with Crippen LogP contribution in [-0.2, 0) is 18.4 Å². The molecular weight excluding hydrogens is 1150 g/mol. The van der Waals surface area contributed by atoms with Crippen LogP contribution in [0.3, 0.4) is 0 Å². The highest BCUT2D eigenvalue weighted by molar-refractivity contribution is 7.47. The summed E-state index contributed by atoms with van der Waals surface area (Å²) in [7, 11) is 1.53. The standard InChI is InChI=1S/C83H143N2O6P/c1-6-8-10-12-14-16-18-20-22-24-26-28-30-32-34-36-38-39-40-41-42-43-44-45-47-49-51-53-55-57-59-61-63-65-67-69-71-73-75-77-83(87)84-81(80-91-92(88,89)90-79-78-85(3,4)5)82(86)76-74-72-70-68-66-64-62-60-58-56-54-52-50-48-46-37-35-33-31-29-27-25-23-21-19-17-15-13-11-9-7-2/h8,10,14,16,20,22,26,28,32,34,38-39,41-42,44-45,49,51,55,57,61,63,67,69,74,76,81-82,86H,6-7,9,11-13,15,17-19,21,23-25,27,29-31,33,35-37,40,43,46-48,50,52-54,56,58-60,62,64-66,68,70-73,75,77-80H2,1-5H3,(H-,84,87,88,89)/p+1/b10-8-,16-14-,22-20-,28-26-,34-32-,39-38-,42-41-,45-44-,51-49-,57-55-,63-61-,69-67-,76-74+. The summed E-state index contributed by atoms with van der Waals surface area (Å²) in [5.74, 6) is -0.222. The Bertz CT molecular complexity index is 2060. The molecular formula is C83H144N2O6P+. The summed E-state index contributed by atoms with van der Waals surface area (Å²) in [6.45, 7) is 4.68. The van der Waals surface area contributed by atoms with Gasteiger partial charge >= 0.3 is 7.82 Å². The van der Waals surface area contributed by atoms with Crippen molar-refractivity contribution in [2.75, 3.05) is 40.9 Å². The van der Waals surface area contributed by atoms with Crippen LogP contribution in [0.1, 0.15) is 309 Å². The first-order chi connectivity index (χ1) is 45.0. The molecule has 0 aliphatic carbocycles. The maximum atomic E-state index is 13.1. The van der Waals surface area contributed by atoms with Gasteiger partial charge < -0.3 is 19.8 Å². The largest absolute Gasteiger partial charge is 0.472 e. The number of hydrogen-bond donors (Lipinski definition) is 3. The van der Waals surface area contributed by atoms with E-state index in [2.05, 4.69) is 165 Å². The van der Waals surface area contributed by atoms with E-state index in [9.17, 15) is 19.4 Å². The van der Waals surface area contributed by atoms with Crippen molar-refractivity contribution in [3.63, 3.8) is 0 Å². The van der Waals surface area contributed by atoms with Gasteiger partial charge in [-0.15, -0.1) is 0 Å². The van der Waals surface area contributed by atoms with Gasteiger partial charge in [-0.1, -0.05) is 352 Å². The average Bonchev–Trinajstić information content (AvgIpc) is 2.63. The number of carbonyl (C=O) groups is 1. The minimum Gasteiger partial charge on any atom is -0.387 e. The lowest BCUT2D eigenvalue weighted by atomic mass is 10.0. The van der Waals surface area contributed by atoms with E-state index in [4.69, 9.17) is 9.05 Å². The summed E-state index contributed by atoms with van der Waals surface area (Å²) in [4.78, 5) is 23.4. The number of carbonyl (C=O) groups excluding carboxylic acids is 1. The Morgan fingerprint density at radius 2 is 0.652 bits per heavy atom.